The van der Waals surface area contributed by atoms with Crippen molar-refractivity contribution in [3.63, 3.8) is 0 Å². The number of ether oxygens (including phenoxy) is 2. The molecule has 1 N–H and O–H groups in total. The maximum Gasteiger partial charge on any atom is 0.271 e. The van der Waals surface area contributed by atoms with Crippen molar-refractivity contribution in [2.24, 2.45) is 5.10 Å². The molecule has 5 nitrogen and oxygen atoms in total. The van der Waals surface area contributed by atoms with Gasteiger partial charge >= 0.3 is 0 Å². The van der Waals surface area contributed by atoms with Crippen LogP contribution in [-0.2, 0) is 0 Å². The van der Waals surface area contributed by atoms with Gasteiger partial charge in [0.05, 0.1) is 19.9 Å². The van der Waals surface area contributed by atoms with Crippen molar-refractivity contribution in [2.45, 2.75) is 6.92 Å². The molecule has 2 aromatic rings. The summed E-state index contributed by atoms with van der Waals surface area (Å²) in [6.45, 7) is 1.83. The molecule has 0 aromatic heterocycles. The van der Waals surface area contributed by atoms with Crippen molar-refractivity contribution in [3.8, 4) is 11.5 Å². The average molecular weight is 298 g/mol. The van der Waals surface area contributed by atoms with Crippen LogP contribution in [0.5, 0.6) is 11.5 Å². The van der Waals surface area contributed by atoms with E-state index in [0.29, 0.717) is 17.0 Å². The lowest BCUT2D eigenvalue weighted by atomic mass is 10.1. The van der Waals surface area contributed by atoms with Crippen molar-refractivity contribution in [1.29, 1.82) is 0 Å². The Morgan fingerprint density at radius 1 is 0.955 bits per heavy atom. The second-order valence-electron chi connectivity index (χ2n) is 4.60. The zero-order valence-corrected chi connectivity index (χ0v) is 12.8. The fourth-order valence-electron chi connectivity index (χ4n) is 1.86. The van der Waals surface area contributed by atoms with Gasteiger partial charge in [0, 0.05) is 5.56 Å². The van der Waals surface area contributed by atoms with E-state index in [1.807, 2.05) is 31.2 Å². The Balaban J connectivity index is 2.07. The maximum atomic E-state index is 12.1. The smallest absolute Gasteiger partial charge is 0.271 e. The Morgan fingerprint density at radius 2 is 1.64 bits per heavy atom. The zero-order valence-electron chi connectivity index (χ0n) is 12.8. The van der Waals surface area contributed by atoms with Gasteiger partial charge < -0.3 is 9.47 Å². The lowest BCUT2D eigenvalue weighted by molar-refractivity contribution is 0.0954. The van der Waals surface area contributed by atoms with Gasteiger partial charge in [0.15, 0.2) is 0 Å². The van der Waals surface area contributed by atoms with E-state index in [0.717, 1.165) is 11.3 Å². The number of amides is 1. The van der Waals surface area contributed by atoms with E-state index in [2.05, 4.69) is 10.5 Å². The Hall–Kier alpha value is -2.82. The molecule has 0 radical (unpaired) electrons. The van der Waals surface area contributed by atoms with Gasteiger partial charge in [-0.1, -0.05) is 6.07 Å². The number of nitrogens with one attached hydrogen (secondary N) is 1. The van der Waals surface area contributed by atoms with E-state index in [9.17, 15) is 4.79 Å². The van der Waals surface area contributed by atoms with Crippen LogP contribution in [-0.4, -0.2) is 25.8 Å². The fraction of sp³-hybridized carbons (Fsp3) is 0.176. The van der Waals surface area contributed by atoms with Gasteiger partial charge in [-0.25, -0.2) is 5.43 Å². The first kappa shape index (κ1) is 15.6. The second kappa shape index (κ2) is 7.26. The van der Waals surface area contributed by atoms with Crippen LogP contribution in [0.25, 0.3) is 0 Å². The number of benzene rings is 2. The molecule has 0 bridgehead atoms. The van der Waals surface area contributed by atoms with Crippen LogP contribution < -0.4 is 14.9 Å². The Labute approximate surface area is 129 Å². The number of hydrogen-bond acceptors (Lipinski definition) is 4. The molecule has 114 valence electrons. The summed E-state index contributed by atoms with van der Waals surface area (Å²) < 4.78 is 10.2. The van der Waals surface area contributed by atoms with Gasteiger partial charge in [0.1, 0.15) is 11.5 Å². The first-order chi connectivity index (χ1) is 10.6. The first-order valence-corrected chi connectivity index (χ1v) is 6.77. The minimum absolute atomic E-state index is 0.285. The highest BCUT2D eigenvalue weighted by molar-refractivity contribution is 6.01. The monoisotopic (exact) mass is 298 g/mol. The molecule has 5 heteroatoms. The molecule has 0 atom stereocenters. The van der Waals surface area contributed by atoms with Crippen LogP contribution in [0.3, 0.4) is 0 Å². The lowest BCUT2D eigenvalue weighted by Crippen LogP contribution is -2.19. The summed E-state index contributed by atoms with van der Waals surface area (Å²) in [5, 5.41) is 4.12. The normalized spacial score (nSPS) is 11.0. The molecule has 22 heavy (non-hydrogen) atoms. The molecule has 0 aliphatic rings. The van der Waals surface area contributed by atoms with Crippen molar-refractivity contribution in [2.75, 3.05) is 14.2 Å². The highest BCUT2D eigenvalue weighted by Gasteiger charge is 2.06. The minimum Gasteiger partial charge on any atom is -0.497 e. The molecule has 1 amide bonds. The van der Waals surface area contributed by atoms with Gasteiger partial charge in [-0.3, -0.25) is 4.79 Å². The molecule has 0 saturated carbocycles. The minimum atomic E-state index is -0.285. The van der Waals surface area contributed by atoms with Gasteiger partial charge in [-0.2, -0.15) is 5.10 Å². The summed E-state index contributed by atoms with van der Waals surface area (Å²) in [4.78, 5) is 12.1. The van der Waals surface area contributed by atoms with Crippen LogP contribution in [0.1, 0.15) is 22.8 Å². The SMILES string of the molecule is COc1ccc(/C(C)=N/NC(=O)c2cccc(OC)c2)cc1. The summed E-state index contributed by atoms with van der Waals surface area (Å²) >= 11 is 0. The van der Waals surface area contributed by atoms with E-state index < -0.39 is 0 Å². The number of hydrazone groups is 1. The van der Waals surface area contributed by atoms with Crippen LogP contribution in [0.2, 0.25) is 0 Å². The molecule has 0 saturated heterocycles. The third-order valence-electron chi connectivity index (χ3n) is 3.16. The van der Waals surface area contributed by atoms with Crippen LogP contribution in [0.4, 0.5) is 0 Å². The van der Waals surface area contributed by atoms with E-state index in [1.54, 1.807) is 38.5 Å². The van der Waals surface area contributed by atoms with E-state index in [-0.39, 0.29) is 5.91 Å². The third kappa shape index (κ3) is 3.85. The number of hydrogen-bond donors (Lipinski definition) is 1. The lowest BCUT2D eigenvalue weighted by Gasteiger charge is -2.05. The summed E-state index contributed by atoms with van der Waals surface area (Å²) in [5.41, 5.74) is 4.65. The maximum absolute atomic E-state index is 12.1. The summed E-state index contributed by atoms with van der Waals surface area (Å²) in [5.74, 6) is 1.12. The molecule has 0 aliphatic carbocycles. The van der Waals surface area contributed by atoms with Gasteiger partial charge in [-0.05, 0) is 55.0 Å². The zero-order chi connectivity index (χ0) is 15.9. The first-order valence-electron chi connectivity index (χ1n) is 6.77. The summed E-state index contributed by atoms with van der Waals surface area (Å²) in [6.07, 6.45) is 0. The molecule has 2 aromatic carbocycles. The molecule has 0 spiro atoms. The number of carbonyl (C=O) groups excluding carboxylic acids is 1. The van der Waals surface area contributed by atoms with Crippen LogP contribution in [0.15, 0.2) is 53.6 Å². The fourth-order valence-corrected chi connectivity index (χ4v) is 1.86. The average Bonchev–Trinajstić information content (AvgIpc) is 2.59. The highest BCUT2D eigenvalue weighted by Crippen LogP contribution is 2.13. The number of rotatable bonds is 5. The van der Waals surface area contributed by atoms with E-state index in [4.69, 9.17) is 9.47 Å². The van der Waals surface area contributed by atoms with Crippen LogP contribution >= 0.6 is 0 Å². The molecule has 0 unspecified atom stereocenters. The highest BCUT2D eigenvalue weighted by atomic mass is 16.5. The predicted molar refractivity (Wildman–Crippen MR) is 85.7 cm³/mol. The number of methoxy groups -OCH3 is 2. The summed E-state index contributed by atoms with van der Waals surface area (Å²) in [7, 11) is 3.17. The largest absolute Gasteiger partial charge is 0.497 e. The molecule has 0 heterocycles. The Morgan fingerprint density at radius 3 is 2.27 bits per heavy atom. The van der Waals surface area contributed by atoms with Gasteiger partial charge in [-0.15, -0.1) is 0 Å². The topological polar surface area (TPSA) is 59.9 Å². The van der Waals surface area contributed by atoms with Gasteiger partial charge in [0.25, 0.3) is 5.91 Å². The molecule has 0 aliphatic heterocycles. The molecular weight excluding hydrogens is 280 g/mol. The number of nitrogens with zero attached hydrogens (tertiary/aromatic N) is 1. The number of carbonyl (C=O) groups is 1. The second-order valence-corrected chi connectivity index (χ2v) is 4.60. The molecule has 0 fully saturated rings. The molecular formula is C17H18N2O3. The van der Waals surface area contributed by atoms with Crippen molar-refractivity contribution in [3.05, 3.63) is 59.7 Å². The predicted octanol–water partition coefficient (Wildman–Crippen LogP) is 2.86. The van der Waals surface area contributed by atoms with Crippen molar-refractivity contribution >= 4 is 11.6 Å². The van der Waals surface area contributed by atoms with E-state index in [1.165, 1.54) is 0 Å². The summed E-state index contributed by atoms with van der Waals surface area (Å²) in [6, 6.07) is 14.4. The Kier molecular flexibility index (Phi) is 5.14. The quantitative estimate of drug-likeness (QED) is 0.682. The van der Waals surface area contributed by atoms with Crippen molar-refractivity contribution in [1.82, 2.24) is 5.43 Å². The third-order valence-corrected chi connectivity index (χ3v) is 3.16. The van der Waals surface area contributed by atoms with E-state index >= 15 is 0 Å². The Bertz CT molecular complexity index is 679. The standard InChI is InChI=1S/C17H18N2O3/c1-12(13-7-9-15(21-2)10-8-13)18-19-17(20)14-5-4-6-16(11-14)22-3/h4-11H,1-3H3,(H,19,20)/b18-12+. The van der Waals surface area contributed by atoms with Gasteiger partial charge in [0.2, 0.25) is 0 Å². The van der Waals surface area contributed by atoms with Crippen molar-refractivity contribution < 1.29 is 14.3 Å². The van der Waals surface area contributed by atoms with Crippen LogP contribution in [0, 0.1) is 0 Å². The molecule has 2 rings (SSSR count).